The molecule has 0 atom stereocenters. The maximum atomic E-state index is 12.9. The molecular weight excluding hydrogens is 438 g/mol. The summed E-state index contributed by atoms with van der Waals surface area (Å²) in [5.41, 5.74) is 4.46. The van der Waals surface area contributed by atoms with Gasteiger partial charge >= 0.3 is 0 Å². The second-order valence-corrected chi connectivity index (χ2v) is 9.15. The number of H-pyrrole nitrogens is 1. The average Bonchev–Trinajstić information content (AvgIpc) is 3.28. The summed E-state index contributed by atoms with van der Waals surface area (Å²) in [5.74, 6) is 0.709. The molecular formula is C25H25N3O2S2. The number of nitrogens with zero attached hydrogens (tertiary/aromatic N) is 1. The van der Waals surface area contributed by atoms with E-state index in [2.05, 4.69) is 35.4 Å². The van der Waals surface area contributed by atoms with Crippen molar-refractivity contribution in [2.75, 3.05) is 12.4 Å². The first kappa shape index (κ1) is 22.0. The van der Waals surface area contributed by atoms with Crippen LogP contribution in [0, 0.1) is 13.8 Å². The smallest absolute Gasteiger partial charge is 0.253 e. The number of fused-ring (bicyclic) bond motifs is 1. The molecule has 2 aromatic heterocycles. The number of nitrogens with one attached hydrogen (secondary N) is 2. The van der Waals surface area contributed by atoms with Gasteiger partial charge in [0.15, 0.2) is 5.11 Å². The largest absolute Gasteiger partial charge is 0.495 e. The maximum Gasteiger partial charge on any atom is 0.253 e. The minimum Gasteiger partial charge on any atom is -0.495 e. The number of aromatic nitrogens is 1. The number of ether oxygens (including phenoxy) is 1. The molecule has 164 valence electrons. The van der Waals surface area contributed by atoms with Crippen LogP contribution in [0.5, 0.6) is 5.75 Å². The first-order chi connectivity index (χ1) is 15.4. The van der Waals surface area contributed by atoms with Gasteiger partial charge in [-0.1, -0.05) is 29.8 Å². The second kappa shape index (κ2) is 9.54. The van der Waals surface area contributed by atoms with Crippen molar-refractivity contribution in [1.82, 2.24) is 9.88 Å². The van der Waals surface area contributed by atoms with Gasteiger partial charge in [0.25, 0.3) is 5.56 Å². The lowest BCUT2D eigenvalue weighted by molar-refractivity contribution is 0.410. The van der Waals surface area contributed by atoms with Gasteiger partial charge in [-0.3, -0.25) is 4.79 Å². The highest BCUT2D eigenvalue weighted by Gasteiger charge is 2.16. The number of hydrogen-bond acceptors (Lipinski definition) is 4. The van der Waals surface area contributed by atoms with E-state index in [0.29, 0.717) is 29.5 Å². The predicted molar refractivity (Wildman–Crippen MR) is 137 cm³/mol. The lowest BCUT2D eigenvalue weighted by Crippen LogP contribution is -2.35. The van der Waals surface area contributed by atoms with Crippen molar-refractivity contribution in [3.05, 3.63) is 91.9 Å². The number of para-hydroxylation sites is 2. The van der Waals surface area contributed by atoms with Gasteiger partial charge in [-0.05, 0) is 72.7 Å². The highest BCUT2D eigenvalue weighted by molar-refractivity contribution is 7.80. The summed E-state index contributed by atoms with van der Waals surface area (Å²) in [4.78, 5) is 19.2. The Kier molecular flexibility index (Phi) is 6.58. The van der Waals surface area contributed by atoms with E-state index >= 15 is 0 Å². The molecule has 2 heterocycles. The van der Waals surface area contributed by atoms with Crippen molar-refractivity contribution in [2.24, 2.45) is 0 Å². The van der Waals surface area contributed by atoms with E-state index in [1.165, 1.54) is 0 Å². The summed E-state index contributed by atoms with van der Waals surface area (Å²) in [6, 6.07) is 17.9. The van der Waals surface area contributed by atoms with Crippen LogP contribution in [0.15, 0.2) is 64.8 Å². The first-order valence-corrected chi connectivity index (χ1v) is 11.6. The molecule has 4 rings (SSSR count). The van der Waals surface area contributed by atoms with Crippen LogP contribution < -0.4 is 15.6 Å². The third-order valence-electron chi connectivity index (χ3n) is 5.29. The molecule has 0 aliphatic rings. The zero-order chi connectivity index (χ0) is 22.7. The Morgan fingerprint density at radius 3 is 2.69 bits per heavy atom. The van der Waals surface area contributed by atoms with Crippen LogP contribution >= 0.6 is 23.6 Å². The van der Waals surface area contributed by atoms with Gasteiger partial charge in [-0.25, -0.2) is 0 Å². The van der Waals surface area contributed by atoms with Crippen molar-refractivity contribution in [3.63, 3.8) is 0 Å². The lowest BCUT2D eigenvalue weighted by Gasteiger charge is -2.26. The first-order valence-electron chi connectivity index (χ1n) is 10.3. The van der Waals surface area contributed by atoms with Crippen molar-refractivity contribution < 1.29 is 4.74 Å². The molecule has 0 aliphatic carbocycles. The number of methoxy groups -OCH3 is 1. The molecule has 0 aliphatic heterocycles. The molecule has 32 heavy (non-hydrogen) atoms. The minimum absolute atomic E-state index is 0.0966. The summed E-state index contributed by atoms with van der Waals surface area (Å²) >= 11 is 7.43. The molecule has 2 N–H and O–H groups in total. The fourth-order valence-electron chi connectivity index (χ4n) is 3.79. The van der Waals surface area contributed by atoms with Gasteiger partial charge in [0.05, 0.1) is 31.4 Å². The zero-order valence-electron chi connectivity index (χ0n) is 18.3. The number of thiocarbonyl (C=S) groups is 1. The van der Waals surface area contributed by atoms with E-state index < -0.39 is 0 Å². The van der Waals surface area contributed by atoms with Gasteiger partial charge in [0, 0.05) is 10.4 Å². The molecule has 0 unspecified atom stereocenters. The number of thiophene rings is 1. The maximum absolute atomic E-state index is 12.9. The van der Waals surface area contributed by atoms with E-state index in [9.17, 15) is 4.79 Å². The molecule has 0 fully saturated rings. The Balaban J connectivity index is 1.67. The van der Waals surface area contributed by atoms with E-state index in [1.54, 1.807) is 18.4 Å². The normalized spacial score (nSPS) is 10.8. The van der Waals surface area contributed by atoms with Crippen LogP contribution in [-0.4, -0.2) is 22.1 Å². The lowest BCUT2D eigenvalue weighted by atomic mass is 10.1. The SMILES string of the molecule is COc1ccccc1NC(=S)N(Cc1cccs1)Cc1cc2cc(C)cc(C)c2[nH]c1=O. The highest BCUT2D eigenvalue weighted by atomic mass is 32.1. The van der Waals surface area contributed by atoms with Crippen LogP contribution in [0.25, 0.3) is 10.9 Å². The highest BCUT2D eigenvalue weighted by Crippen LogP contribution is 2.25. The van der Waals surface area contributed by atoms with Crippen LogP contribution in [-0.2, 0) is 13.1 Å². The van der Waals surface area contributed by atoms with Gasteiger partial charge in [-0.15, -0.1) is 11.3 Å². The Bertz CT molecular complexity index is 1310. The number of aromatic amines is 1. The molecule has 0 spiro atoms. The summed E-state index contributed by atoms with van der Waals surface area (Å²) in [5, 5.41) is 6.89. The molecule has 0 amide bonds. The standard InChI is InChI=1S/C25H25N3O2S2/c1-16-11-17(2)23-18(12-16)13-19(24(29)27-23)14-28(15-20-7-6-10-32-20)25(31)26-21-8-4-5-9-22(21)30-3/h4-13H,14-15H2,1-3H3,(H,26,31)(H,27,29). The van der Waals surface area contributed by atoms with Crippen LogP contribution in [0.4, 0.5) is 5.69 Å². The Morgan fingerprint density at radius 1 is 1.12 bits per heavy atom. The van der Waals surface area contributed by atoms with Gasteiger partial charge in [-0.2, -0.15) is 0 Å². The van der Waals surface area contributed by atoms with Crippen molar-refractivity contribution in [1.29, 1.82) is 0 Å². The number of pyridine rings is 1. The summed E-state index contributed by atoms with van der Waals surface area (Å²) in [6.07, 6.45) is 0. The Labute approximate surface area is 196 Å². The van der Waals surface area contributed by atoms with E-state index in [0.717, 1.165) is 32.6 Å². The summed E-state index contributed by atoms with van der Waals surface area (Å²) in [6.45, 7) is 5.06. The van der Waals surface area contributed by atoms with Gasteiger partial charge in [0.1, 0.15) is 5.75 Å². The van der Waals surface area contributed by atoms with Gasteiger partial charge in [0.2, 0.25) is 0 Å². The number of rotatable bonds is 6. The minimum atomic E-state index is -0.0966. The molecule has 4 aromatic rings. The molecule has 2 aromatic carbocycles. The number of anilines is 1. The summed E-state index contributed by atoms with van der Waals surface area (Å²) in [7, 11) is 1.63. The predicted octanol–water partition coefficient (Wildman–Crippen LogP) is 5.61. The molecule has 5 nitrogen and oxygen atoms in total. The van der Waals surface area contributed by atoms with E-state index in [-0.39, 0.29) is 5.56 Å². The fourth-order valence-corrected chi connectivity index (χ4v) is 4.75. The van der Waals surface area contributed by atoms with E-state index in [1.807, 2.05) is 53.6 Å². The Hall–Kier alpha value is -3.16. The monoisotopic (exact) mass is 463 g/mol. The zero-order valence-corrected chi connectivity index (χ0v) is 19.9. The molecule has 0 radical (unpaired) electrons. The third kappa shape index (κ3) is 4.84. The van der Waals surface area contributed by atoms with Gasteiger partial charge < -0.3 is 19.9 Å². The van der Waals surface area contributed by atoms with Crippen molar-refractivity contribution in [2.45, 2.75) is 26.9 Å². The average molecular weight is 464 g/mol. The summed E-state index contributed by atoms with van der Waals surface area (Å²) < 4.78 is 5.45. The van der Waals surface area contributed by atoms with Crippen LogP contribution in [0.1, 0.15) is 21.6 Å². The second-order valence-electron chi connectivity index (χ2n) is 7.74. The third-order valence-corrected chi connectivity index (χ3v) is 6.52. The molecule has 0 bridgehead atoms. The Morgan fingerprint density at radius 2 is 1.94 bits per heavy atom. The molecule has 0 saturated carbocycles. The molecule has 0 saturated heterocycles. The van der Waals surface area contributed by atoms with E-state index in [4.69, 9.17) is 17.0 Å². The van der Waals surface area contributed by atoms with Crippen LogP contribution in [0.2, 0.25) is 0 Å². The fraction of sp³-hybridized carbons (Fsp3) is 0.200. The molecule has 7 heteroatoms. The van der Waals surface area contributed by atoms with Crippen LogP contribution in [0.3, 0.4) is 0 Å². The number of hydrogen-bond donors (Lipinski definition) is 2. The topological polar surface area (TPSA) is 57.4 Å². The number of aryl methyl sites for hydroxylation is 2. The number of benzene rings is 2. The van der Waals surface area contributed by atoms with Crippen molar-refractivity contribution in [3.8, 4) is 5.75 Å². The quantitative estimate of drug-likeness (QED) is 0.364. The van der Waals surface area contributed by atoms with Crippen molar-refractivity contribution >= 4 is 45.3 Å².